The molecule has 1 fully saturated rings. The number of methoxy groups -OCH3 is 1. The lowest BCUT2D eigenvalue weighted by atomic mass is 9.90. The average Bonchev–Trinajstić information content (AvgIpc) is 2.68. The van der Waals surface area contributed by atoms with E-state index in [1.165, 1.54) is 5.56 Å². The number of benzene rings is 2. The first-order valence-electron chi connectivity index (χ1n) is 9.67. The SMILES string of the molecule is COCCOc1ccc(C2CN(C(=O)CC(NC(N)=O)c3ccccc3)C2)cc1. The van der Waals surface area contributed by atoms with Gasteiger partial charge in [0.05, 0.1) is 19.1 Å². The van der Waals surface area contributed by atoms with E-state index in [2.05, 4.69) is 5.32 Å². The summed E-state index contributed by atoms with van der Waals surface area (Å²) in [6, 6.07) is 16.3. The summed E-state index contributed by atoms with van der Waals surface area (Å²) in [6.07, 6.45) is 0.186. The maximum absolute atomic E-state index is 12.7. The molecule has 1 saturated heterocycles. The van der Waals surface area contributed by atoms with Crippen molar-refractivity contribution in [1.82, 2.24) is 10.2 Å². The van der Waals surface area contributed by atoms with Gasteiger partial charge in [-0.3, -0.25) is 4.79 Å². The first-order chi connectivity index (χ1) is 14.1. The second-order valence-electron chi connectivity index (χ2n) is 7.08. The molecule has 0 aromatic heterocycles. The van der Waals surface area contributed by atoms with Gasteiger partial charge in [-0.25, -0.2) is 4.79 Å². The number of carbonyl (C=O) groups is 2. The Bertz CT molecular complexity index is 805. The van der Waals surface area contributed by atoms with Crippen molar-refractivity contribution >= 4 is 11.9 Å². The van der Waals surface area contributed by atoms with Crippen LogP contribution in [-0.4, -0.2) is 50.3 Å². The van der Waals surface area contributed by atoms with Gasteiger partial charge in [-0.1, -0.05) is 42.5 Å². The molecule has 3 N–H and O–H groups in total. The molecule has 1 atom stereocenters. The minimum atomic E-state index is -0.638. The highest BCUT2D eigenvalue weighted by atomic mass is 16.5. The largest absolute Gasteiger partial charge is 0.491 e. The van der Waals surface area contributed by atoms with Crippen LogP contribution in [0.15, 0.2) is 54.6 Å². The van der Waals surface area contributed by atoms with Gasteiger partial charge in [-0.2, -0.15) is 0 Å². The third-order valence-electron chi connectivity index (χ3n) is 5.04. The normalized spacial score (nSPS) is 14.7. The van der Waals surface area contributed by atoms with Crippen molar-refractivity contribution in [2.45, 2.75) is 18.4 Å². The van der Waals surface area contributed by atoms with E-state index in [-0.39, 0.29) is 12.3 Å². The first kappa shape index (κ1) is 20.7. The zero-order chi connectivity index (χ0) is 20.6. The molecule has 1 aliphatic heterocycles. The monoisotopic (exact) mass is 397 g/mol. The van der Waals surface area contributed by atoms with E-state index in [9.17, 15) is 9.59 Å². The molecule has 3 amide bonds. The van der Waals surface area contributed by atoms with Gasteiger partial charge in [0.2, 0.25) is 5.91 Å². The number of likely N-dealkylation sites (tertiary alicyclic amines) is 1. The molecular weight excluding hydrogens is 370 g/mol. The molecule has 2 aromatic rings. The number of primary amides is 1. The highest BCUT2D eigenvalue weighted by Crippen LogP contribution is 2.30. The standard InChI is InChI=1S/C22H27N3O4/c1-28-11-12-29-19-9-7-16(8-10-19)18-14-25(15-18)21(26)13-20(24-22(23)27)17-5-3-2-4-6-17/h2-10,18,20H,11-15H2,1H3,(H3,23,24,27). The van der Waals surface area contributed by atoms with E-state index in [0.717, 1.165) is 11.3 Å². The van der Waals surface area contributed by atoms with Crippen molar-refractivity contribution in [3.05, 3.63) is 65.7 Å². The average molecular weight is 397 g/mol. The van der Waals surface area contributed by atoms with Gasteiger partial charge in [0.1, 0.15) is 12.4 Å². The van der Waals surface area contributed by atoms with E-state index >= 15 is 0 Å². The lowest BCUT2D eigenvalue weighted by Crippen LogP contribution is -2.49. The number of amides is 3. The molecule has 3 rings (SSSR count). The predicted octanol–water partition coefficient (Wildman–Crippen LogP) is 2.44. The number of ether oxygens (including phenoxy) is 2. The molecule has 0 saturated carbocycles. The maximum Gasteiger partial charge on any atom is 0.312 e. The van der Waals surface area contributed by atoms with Crippen LogP contribution >= 0.6 is 0 Å². The summed E-state index contributed by atoms with van der Waals surface area (Å²) < 4.78 is 10.5. The summed E-state index contributed by atoms with van der Waals surface area (Å²) in [5, 5.41) is 2.67. The van der Waals surface area contributed by atoms with Crippen LogP contribution in [0.5, 0.6) is 5.75 Å². The highest BCUT2D eigenvalue weighted by Gasteiger charge is 2.33. The van der Waals surface area contributed by atoms with Crippen molar-refractivity contribution in [1.29, 1.82) is 0 Å². The number of nitrogens with one attached hydrogen (secondary N) is 1. The number of hydrogen-bond acceptors (Lipinski definition) is 4. The number of urea groups is 1. The zero-order valence-corrected chi connectivity index (χ0v) is 16.5. The van der Waals surface area contributed by atoms with Gasteiger partial charge < -0.3 is 25.4 Å². The van der Waals surface area contributed by atoms with E-state index in [1.807, 2.05) is 59.5 Å². The van der Waals surface area contributed by atoms with Crippen LogP contribution in [0, 0.1) is 0 Å². The van der Waals surface area contributed by atoms with Gasteiger partial charge >= 0.3 is 6.03 Å². The molecule has 1 aliphatic rings. The van der Waals surface area contributed by atoms with E-state index < -0.39 is 12.1 Å². The summed E-state index contributed by atoms with van der Waals surface area (Å²) in [5.74, 6) is 1.12. The number of carbonyl (C=O) groups excluding carboxylic acids is 2. The van der Waals surface area contributed by atoms with Crippen molar-refractivity contribution in [3.63, 3.8) is 0 Å². The summed E-state index contributed by atoms with van der Waals surface area (Å²) in [7, 11) is 1.64. The molecule has 2 aromatic carbocycles. The van der Waals surface area contributed by atoms with E-state index in [0.29, 0.717) is 32.2 Å². The topological polar surface area (TPSA) is 93.9 Å². The molecule has 154 valence electrons. The third-order valence-corrected chi connectivity index (χ3v) is 5.04. The number of nitrogens with zero attached hydrogens (tertiary/aromatic N) is 1. The van der Waals surface area contributed by atoms with Crippen molar-refractivity contribution in [3.8, 4) is 5.75 Å². The minimum Gasteiger partial charge on any atom is -0.491 e. The van der Waals surface area contributed by atoms with E-state index in [4.69, 9.17) is 15.2 Å². The van der Waals surface area contributed by atoms with Gasteiger partial charge in [-0.15, -0.1) is 0 Å². The Morgan fingerprint density at radius 2 is 1.79 bits per heavy atom. The molecular formula is C22H27N3O4. The fourth-order valence-electron chi connectivity index (χ4n) is 3.39. The summed E-state index contributed by atoms with van der Waals surface area (Å²) in [5.41, 5.74) is 7.33. The molecule has 0 spiro atoms. The molecule has 29 heavy (non-hydrogen) atoms. The second kappa shape index (κ2) is 9.93. The van der Waals surface area contributed by atoms with Crippen LogP contribution < -0.4 is 15.8 Å². The Kier molecular flexibility index (Phi) is 7.08. The Morgan fingerprint density at radius 1 is 1.10 bits per heavy atom. The Hall–Kier alpha value is -3.06. The van der Waals surface area contributed by atoms with Crippen molar-refractivity contribution in [2.24, 2.45) is 5.73 Å². The molecule has 0 bridgehead atoms. The van der Waals surface area contributed by atoms with Gasteiger partial charge in [0.15, 0.2) is 0 Å². The summed E-state index contributed by atoms with van der Waals surface area (Å²) >= 11 is 0. The van der Waals surface area contributed by atoms with Gasteiger partial charge in [0, 0.05) is 26.1 Å². The second-order valence-corrected chi connectivity index (χ2v) is 7.08. The maximum atomic E-state index is 12.7. The lowest BCUT2D eigenvalue weighted by Gasteiger charge is -2.40. The lowest BCUT2D eigenvalue weighted by molar-refractivity contribution is -0.136. The van der Waals surface area contributed by atoms with Crippen LogP contribution in [-0.2, 0) is 9.53 Å². The number of hydrogen-bond donors (Lipinski definition) is 2. The predicted molar refractivity (Wildman–Crippen MR) is 110 cm³/mol. The Balaban J connectivity index is 1.51. The molecule has 7 heteroatoms. The van der Waals surface area contributed by atoms with Crippen LogP contribution in [0.1, 0.15) is 29.5 Å². The minimum absolute atomic E-state index is 0.00312. The van der Waals surface area contributed by atoms with Gasteiger partial charge in [0.25, 0.3) is 0 Å². The van der Waals surface area contributed by atoms with Crippen molar-refractivity contribution < 1.29 is 19.1 Å². The quantitative estimate of drug-likeness (QED) is 0.636. The first-order valence-corrected chi connectivity index (χ1v) is 9.67. The number of rotatable bonds is 9. The fraction of sp³-hybridized carbons (Fsp3) is 0.364. The molecule has 0 radical (unpaired) electrons. The molecule has 7 nitrogen and oxygen atoms in total. The number of nitrogens with two attached hydrogens (primary N) is 1. The van der Waals surface area contributed by atoms with Crippen LogP contribution in [0.2, 0.25) is 0 Å². The Morgan fingerprint density at radius 3 is 2.41 bits per heavy atom. The molecule has 1 unspecified atom stereocenters. The third kappa shape index (κ3) is 5.71. The zero-order valence-electron chi connectivity index (χ0n) is 16.5. The van der Waals surface area contributed by atoms with Crippen LogP contribution in [0.4, 0.5) is 4.79 Å². The van der Waals surface area contributed by atoms with Gasteiger partial charge in [-0.05, 0) is 23.3 Å². The van der Waals surface area contributed by atoms with Crippen LogP contribution in [0.25, 0.3) is 0 Å². The fourth-order valence-corrected chi connectivity index (χ4v) is 3.39. The molecule has 0 aliphatic carbocycles. The van der Waals surface area contributed by atoms with Crippen molar-refractivity contribution in [2.75, 3.05) is 33.4 Å². The molecule has 1 heterocycles. The van der Waals surface area contributed by atoms with Crippen LogP contribution in [0.3, 0.4) is 0 Å². The Labute approximate surface area is 170 Å². The smallest absolute Gasteiger partial charge is 0.312 e. The summed E-state index contributed by atoms with van der Waals surface area (Å²) in [4.78, 5) is 25.8. The summed E-state index contributed by atoms with van der Waals surface area (Å²) in [6.45, 7) is 2.40. The van der Waals surface area contributed by atoms with E-state index in [1.54, 1.807) is 7.11 Å². The highest BCUT2D eigenvalue weighted by molar-refractivity contribution is 5.79.